The molecule has 1 aliphatic carbocycles. The fourth-order valence-electron chi connectivity index (χ4n) is 4.87. The van der Waals surface area contributed by atoms with Crippen molar-refractivity contribution in [1.29, 1.82) is 0 Å². The number of hydrogen-bond acceptors (Lipinski definition) is 3. The average molecular weight is 520 g/mol. The predicted molar refractivity (Wildman–Crippen MR) is 133 cm³/mol. The molecule has 2 fully saturated rings. The molecule has 0 bridgehead atoms. The molecule has 3 atom stereocenters. The van der Waals surface area contributed by atoms with Gasteiger partial charge in [0.15, 0.2) is 0 Å². The molecule has 1 saturated carbocycles. The molecule has 3 amide bonds. The molecule has 6 nitrogen and oxygen atoms in total. The fraction of sp³-hybridized carbons (Fsp3) is 0.423. The molecule has 2 N–H and O–H groups in total. The zero-order valence-corrected chi connectivity index (χ0v) is 20.7. The lowest BCUT2D eigenvalue weighted by atomic mass is 9.88. The van der Waals surface area contributed by atoms with Gasteiger partial charge >= 0.3 is 0 Å². The molecule has 1 heterocycles. The second-order valence-corrected chi connectivity index (χ2v) is 10.1. The fourth-order valence-corrected chi connectivity index (χ4v) is 5.39. The van der Waals surface area contributed by atoms with Gasteiger partial charge in [0, 0.05) is 46.3 Å². The highest BCUT2D eigenvalue weighted by Crippen LogP contribution is 2.25. The van der Waals surface area contributed by atoms with Crippen LogP contribution in [0.5, 0.6) is 0 Å². The maximum Gasteiger partial charge on any atom is 0.253 e. The Morgan fingerprint density at radius 3 is 2.11 bits per heavy atom. The molecule has 0 aromatic heterocycles. The number of benzene rings is 2. The molecular weight excluding hydrogens is 492 g/mol. The lowest BCUT2D eigenvalue weighted by Gasteiger charge is -2.36. The highest BCUT2D eigenvalue weighted by atomic mass is 35.5. The number of carbonyl (C=O) groups excluding carboxylic acids is 3. The van der Waals surface area contributed by atoms with Crippen LogP contribution in [-0.2, 0) is 4.79 Å². The third kappa shape index (κ3) is 6.53. The van der Waals surface area contributed by atoms with Crippen LogP contribution in [0.15, 0.2) is 42.5 Å². The third-order valence-electron chi connectivity index (χ3n) is 6.71. The van der Waals surface area contributed by atoms with Crippen LogP contribution >= 0.6 is 23.2 Å². The molecule has 0 spiro atoms. The highest BCUT2D eigenvalue weighted by molar-refractivity contribution is 6.35. The van der Waals surface area contributed by atoms with Crippen molar-refractivity contribution in [1.82, 2.24) is 15.5 Å². The predicted octanol–water partition coefficient (Wildman–Crippen LogP) is 4.84. The molecular formula is C26H28Cl2FN3O3. The van der Waals surface area contributed by atoms with Gasteiger partial charge in [-0.05, 0) is 68.1 Å². The molecule has 186 valence electrons. The summed E-state index contributed by atoms with van der Waals surface area (Å²) in [5.41, 5.74) is 0.781. The Morgan fingerprint density at radius 2 is 1.46 bits per heavy atom. The van der Waals surface area contributed by atoms with Crippen molar-refractivity contribution in [2.45, 2.75) is 50.6 Å². The molecule has 0 radical (unpaired) electrons. The Balaban J connectivity index is 1.37. The number of likely N-dealkylation sites (tertiary alicyclic amines) is 1. The molecule has 2 aromatic carbocycles. The van der Waals surface area contributed by atoms with Gasteiger partial charge in [0.05, 0.1) is 5.92 Å². The quantitative estimate of drug-likeness (QED) is 0.592. The van der Waals surface area contributed by atoms with Crippen molar-refractivity contribution in [2.24, 2.45) is 5.92 Å². The second-order valence-electron chi connectivity index (χ2n) is 9.23. The normalized spacial score (nSPS) is 22.4. The van der Waals surface area contributed by atoms with Gasteiger partial charge in [-0.3, -0.25) is 14.4 Å². The number of nitrogens with one attached hydrogen (secondary N) is 2. The summed E-state index contributed by atoms with van der Waals surface area (Å²) in [4.78, 5) is 40.5. The van der Waals surface area contributed by atoms with Gasteiger partial charge in [-0.2, -0.15) is 0 Å². The van der Waals surface area contributed by atoms with Crippen LogP contribution in [0.3, 0.4) is 0 Å². The van der Waals surface area contributed by atoms with Gasteiger partial charge in [-0.1, -0.05) is 36.0 Å². The maximum atomic E-state index is 13.2. The van der Waals surface area contributed by atoms with Gasteiger partial charge in [-0.25, -0.2) is 4.39 Å². The van der Waals surface area contributed by atoms with E-state index in [1.807, 2.05) is 0 Å². The second kappa shape index (κ2) is 11.4. The molecule has 35 heavy (non-hydrogen) atoms. The van der Waals surface area contributed by atoms with Crippen molar-refractivity contribution in [3.8, 4) is 0 Å². The Morgan fingerprint density at radius 1 is 0.829 bits per heavy atom. The summed E-state index contributed by atoms with van der Waals surface area (Å²) < 4.78 is 13.2. The first-order chi connectivity index (χ1) is 16.8. The van der Waals surface area contributed by atoms with E-state index < -0.39 is 5.82 Å². The van der Waals surface area contributed by atoms with E-state index in [4.69, 9.17) is 23.2 Å². The largest absolute Gasteiger partial charge is 0.351 e. The number of halogens is 3. The molecule has 4 rings (SSSR count). The van der Waals surface area contributed by atoms with Crippen LogP contribution in [-0.4, -0.2) is 47.8 Å². The van der Waals surface area contributed by atoms with E-state index in [0.29, 0.717) is 47.1 Å². The summed E-state index contributed by atoms with van der Waals surface area (Å²) in [7, 11) is 0. The zero-order chi connectivity index (χ0) is 24.9. The highest BCUT2D eigenvalue weighted by Gasteiger charge is 2.33. The minimum Gasteiger partial charge on any atom is -0.351 e. The summed E-state index contributed by atoms with van der Waals surface area (Å²) in [5.74, 6) is -1.33. The minimum atomic E-state index is -0.400. The number of piperidine rings is 1. The Kier molecular flexibility index (Phi) is 8.29. The average Bonchev–Trinajstić information content (AvgIpc) is 2.84. The van der Waals surface area contributed by atoms with Crippen LogP contribution in [0.4, 0.5) is 4.39 Å². The van der Waals surface area contributed by atoms with E-state index in [-0.39, 0.29) is 35.7 Å². The van der Waals surface area contributed by atoms with Gasteiger partial charge in [0.1, 0.15) is 5.82 Å². The van der Waals surface area contributed by atoms with E-state index in [1.165, 1.54) is 24.3 Å². The van der Waals surface area contributed by atoms with E-state index in [2.05, 4.69) is 10.6 Å². The first-order valence-corrected chi connectivity index (χ1v) is 12.7. The third-order valence-corrected chi connectivity index (χ3v) is 7.14. The Labute approximate surface area is 214 Å². The summed E-state index contributed by atoms with van der Waals surface area (Å²) in [6, 6.07) is 9.72. The molecule has 1 aliphatic heterocycles. The molecule has 2 aliphatic rings. The van der Waals surface area contributed by atoms with Gasteiger partial charge in [0.2, 0.25) is 5.91 Å². The van der Waals surface area contributed by atoms with Crippen molar-refractivity contribution in [2.75, 3.05) is 13.1 Å². The van der Waals surface area contributed by atoms with Crippen LogP contribution in [0.25, 0.3) is 0 Å². The van der Waals surface area contributed by atoms with Crippen molar-refractivity contribution in [3.05, 3.63) is 69.5 Å². The van der Waals surface area contributed by atoms with Gasteiger partial charge in [0.25, 0.3) is 11.8 Å². The van der Waals surface area contributed by atoms with Crippen molar-refractivity contribution in [3.63, 3.8) is 0 Å². The smallest absolute Gasteiger partial charge is 0.253 e. The summed E-state index contributed by atoms with van der Waals surface area (Å²) >= 11 is 12.1. The van der Waals surface area contributed by atoms with Gasteiger partial charge < -0.3 is 15.5 Å². The molecule has 2 aromatic rings. The number of hydrogen-bond donors (Lipinski definition) is 2. The van der Waals surface area contributed by atoms with E-state index in [9.17, 15) is 18.8 Å². The maximum absolute atomic E-state index is 13.2. The van der Waals surface area contributed by atoms with Gasteiger partial charge in [-0.15, -0.1) is 0 Å². The van der Waals surface area contributed by atoms with Crippen molar-refractivity contribution < 1.29 is 18.8 Å². The number of rotatable bonds is 5. The standard InChI is InChI=1S/C26H28Cl2FN3O3/c27-19-12-18(13-20(28)14-19)26(35)32-11-3-4-17(15-32)25(34)31-23-6-2-1-5-22(23)30-24(33)16-7-9-21(29)10-8-16/h7-10,12-14,17,22-23H,1-6,11,15H2,(H,30,33)(H,31,34)/t17?,22-,23-/m1/s1. The lowest BCUT2D eigenvalue weighted by molar-refractivity contribution is -0.127. The minimum absolute atomic E-state index is 0.112. The monoisotopic (exact) mass is 519 g/mol. The van der Waals surface area contributed by atoms with E-state index >= 15 is 0 Å². The van der Waals surface area contributed by atoms with Crippen molar-refractivity contribution >= 4 is 40.9 Å². The van der Waals surface area contributed by atoms with Crippen LogP contribution in [0, 0.1) is 11.7 Å². The number of amides is 3. The Bertz CT molecular complexity index is 1080. The lowest BCUT2D eigenvalue weighted by Crippen LogP contribution is -2.55. The molecule has 1 saturated heterocycles. The van der Waals surface area contributed by atoms with E-state index in [0.717, 1.165) is 25.7 Å². The number of carbonyl (C=O) groups is 3. The number of nitrogens with zero attached hydrogens (tertiary/aromatic N) is 1. The van der Waals surface area contributed by atoms with E-state index in [1.54, 1.807) is 23.1 Å². The summed E-state index contributed by atoms with van der Waals surface area (Å²) in [6.45, 7) is 0.876. The molecule has 1 unspecified atom stereocenters. The topological polar surface area (TPSA) is 78.5 Å². The Hall–Kier alpha value is -2.64. The van der Waals surface area contributed by atoms with Crippen LogP contribution in [0.1, 0.15) is 59.2 Å². The summed E-state index contributed by atoms with van der Waals surface area (Å²) in [6.07, 6.45) is 4.82. The SMILES string of the molecule is O=C(N[C@@H]1CCCC[C@H]1NC(=O)C1CCCN(C(=O)c2cc(Cl)cc(Cl)c2)C1)c1ccc(F)cc1. The first kappa shape index (κ1) is 25.5. The molecule has 9 heteroatoms. The first-order valence-electron chi connectivity index (χ1n) is 11.9. The van der Waals surface area contributed by atoms with Crippen LogP contribution in [0.2, 0.25) is 10.0 Å². The van der Waals surface area contributed by atoms with Crippen LogP contribution < -0.4 is 10.6 Å². The zero-order valence-electron chi connectivity index (χ0n) is 19.2. The summed E-state index contributed by atoms with van der Waals surface area (Å²) in [5, 5.41) is 6.91.